The van der Waals surface area contributed by atoms with Crippen molar-refractivity contribution in [3.63, 3.8) is 0 Å². The monoisotopic (exact) mass is 307 g/mol. The molecule has 1 atom stereocenters. The highest BCUT2D eigenvalue weighted by molar-refractivity contribution is 5.76. The van der Waals surface area contributed by atoms with Crippen molar-refractivity contribution >= 4 is 17.8 Å². The number of hydrogen-bond donors (Lipinski definition) is 2. The number of fused-ring (bicyclic) bond motifs is 1. The molecule has 6 heteroatoms. The summed E-state index contributed by atoms with van der Waals surface area (Å²) in [6.45, 7) is 6.81. The maximum atomic E-state index is 13.0. The standard InChI is InChI=1S/C16H22FN3O2/c1-16(2,3)20-9-15(11(7-17)8-18)22-14-5-4-12(19-10-21)6-13(14)20/h4-7,10,15H,8-9,18H2,1-3H3,(H,19,21)/b11-7-. The van der Waals surface area contributed by atoms with E-state index in [1.807, 2.05) is 6.07 Å². The van der Waals surface area contributed by atoms with Crippen LogP contribution in [-0.4, -0.2) is 31.1 Å². The Morgan fingerprint density at radius 1 is 1.55 bits per heavy atom. The first-order chi connectivity index (χ1) is 10.4. The van der Waals surface area contributed by atoms with Crippen LogP contribution in [0.1, 0.15) is 20.8 Å². The van der Waals surface area contributed by atoms with Crippen molar-refractivity contribution < 1.29 is 13.9 Å². The van der Waals surface area contributed by atoms with Gasteiger partial charge in [-0.05, 0) is 39.0 Å². The highest BCUT2D eigenvalue weighted by Crippen LogP contribution is 2.40. The molecule has 3 N–H and O–H groups in total. The smallest absolute Gasteiger partial charge is 0.211 e. The number of hydrogen-bond acceptors (Lipinski definition) is 4. The van der Waals surface area contributed by atoms with Crippen molar-refractivity contribution in [3.8, 4) is 5.75 Å². The van der Waals surface area contributed by atoms with E-state index < -0.39 is 6.10 Å². The Balaban J connectivity index is 2.45. The molecule has 1 aromatic carbocycles. The fourth-order valence-corrected chi connectivity index (χ4v) is 2.51. The van der Waals surface area contributed by atoms with Gasteiger partial charge in [0, 0.05) is 23.3 Å². The lowest BCUT2D eigenvalue weighted by Gasteiger charge is -2.44. The summed E-state index contributed by atoms with van der Waals surface area (Å²) in [7, 11) is 0. The van der Waals surface area contributed by atoms with Gasteiger partial charge < -0.3 is 20.7 Å². The van der Waals surface area contributed by atoms with E-state index >= 15 is 0 Å². The summed E-state index contributed by atoms with van der Waals surface area (Å²) in [5, 5.41) is 2.63. The summed E-state index contributed by atoms with van der Waals surface area (Å²) in [5.41, 5.74) is 7.39. The number of nitrogens with one attached hydrogen (secondary N) is 1. The largest absolute Gasteiger partial charge is 0.482 e. The second kappa shape index (κ2) is 6.36. The van der Waals surface area contributed by atoms with Crippen molar-refractivity contribution in [2.75, 3.05) is 23.3 Å². The van der Waals surface area contributed by atoms with Crippen LogP contribution >= 0.6 is 0 Å². The highest BCUT2D eigenvalue weighted by atomic mass is 19.1. The summed E-state index contributed by atoms with van der Waals surface area (Å²) in [4.78, 5) is 12.8. The van der Waals surface area contributed by atoms with Gasteiger partial charge in [-0.3, -0.25) is 4.79 Å². The maximum Gasteiger partial charge on any atom is 0.211 e. The summed E-state index contributed by atoms with van der Waals surface area (Å²) in [6.07, 6.45) is 0.735. The Bertz CT molecular complexity index is 581. The Labute approximate surface area is 129 Å². The lowest BCUT2D eigenvalue weighted by Crippen LogP contribution is -2.51. The molecule has 0 saturated carbocycles. The molecule has 5 nitrogen and oxygen atoms in total. The molecule has 0 fully saturated rings. The van der Waals surface area contributed by atoms with Crippen molar-refractivity contribution in [2.45, 2.75) is 32.4 Å². The average molecular weight is 307 g/mol. The van der Waals surface area contributed by atoms with Gasteiger partial charge in [0.25, 0.3) is 0 Å². The van der Waals surface area contributed by atoms with Gasteiger partial charge in [0.15, 0.2) is 0 Å². The zero-order valence-corrected chi connectivity index (χ0v) is 13.1. The molecule has 1 unspecified atom stereocenters. The van der Waals surface area contributed by atoms with E-state index in [1.54, 1.807) is 12.1 Å². The van der Waals surface area contributed by atoms with Gasteiger partial charge in [0.1, 0.15) is 11.9 Å². The average Bonchev–Trinajstić information content (AvgIpc) is 2.47. The predicted octanol–water partition coefficient (Wildman–Crippen LogP) is 2.43. The Kier molecular flexibility index (Phi) is 4.71. The third kappa shape index (κ3) is 3.22. The van der Waals surface area contributed by atoms with Crippen LogP contribution in [0.4, 0.5) is 15.8 Å². The van der Waals surface area contributed by atoms with Crippen LogP contribution in [0.15, 0.2) is 30.1 Å². The number of carbonyl (C=O) groups excluding carboxylic acids is 1. The van der Waals surface area contributed by atoms with Gasteiger partial charge in [0.2, 0.25) is 6.41 Å². The lowest BCUT2D eigenvalue weighted by atomic mass is 9.99. The van der Waals surface area contributed by atoms with Gasteiger partial charge >= 0.3 is 0 Å². The van der Waals surface area contributed by atoms with Crippen LogP contribution in [0, 0.1) is 0 Å². The second-order valence-electron chi connectivity index (χ2n) is 6.22. The van der Waals surface area contributed by atoms with Gasteiger partial charge in [-0.2, -0.15) is 0 Å². The minimum absolute atomic E-state index is 0.110. The summed E-state index contributed by atoms with van der Waals surface area (Å²) < 4.78 is 18.9. The number of nitrogens with two attached hydrogens (primary N) is 1. The normalized spacial score (nSPS) is 18.5. The molecule has 2 rings (SSSR count). The van der Waals surface area contributed by atoms with Crippen LogP contribution in [0.25, 0.3) is 0 Å². The van der Waals surface area contributed by atoms with Crippen LogP contribution in [0.3, 0.4) is 0 Å². The highest BCUT2D eigenvalue weighted by Gasteiger charge is 2.34. The predicted molar refractivity (Wildman–Crippen MR) is 85.9 cm³/mol. The van der Waals surface area contributed by atoms with Crippen LogP contribution < -0.4 is 20.7 Å². The minimum Gasteiger partial charge on any atom is -0.482 e. The van der Waals surface area contributed by atoms with Crippen molar-refractivity contribution in [1.82, 2.24) is 0 Å². The number of ether oxygens (including phenoxy) is 1. The van der Waals surface area contributed by atoms with Crippen LogP contribution in [-0.2, 0) is 4.79 Å². The van der Waals surface area contributed by atoms with Gasteiger partial charge in [-0.1, -0.05) is 0 Å². The number of carbonyl (C=O) groups is 1. The molecule has 1 amide bonds. The van der Waals surface area contributed by atoms with E-state index in [9.17, 15) is 9.18 Å². The number of amides is 1. The van der Waals surface area contributed by atoms with E-state index in [4.69, 9.17) is 10.5 Å². The lowest BCUT2D eigenvalue weighted by molar-refractivity contribution is -0.105. The first kappa shape index (κ1) is 16.3. The minimum atomic E-state index is -0.424. The van der Waals surface area contributed by atoms with E-state index in [1.165, 1.54) is 0 Å². The molecule has 0 aliphatic carbocycles. The molecule has 120 valence electrons. The van der Waals surface area contributed by atoms with E-state index in [2.05, 4.69) is 31.0 Å². The SMILES string of the molecule is CC(C)(C)N1CC(/C(=C\F)CN)Oc2ccc(NC=O)cc21. The zero-order valence-electron chi connectivity index (χ0n) is 13.1. The first-order valence-corrected chi connectivity index (χ1v) is 7.18. The third-order valence-electron chi connectivity index (χ3n) is 3.69. The van der Waals surface area contributed by atoms with Crippen molar-refractivity contribution in [1.29, 1.82) is 0 Å². The first-order valence-electron chi connectivity index (χ1n) is 7.18. The van der Waals surface area contributed by atoms with Crippen LogP contribution in [0.5, 0.6) is 5.75 Å². The molecule has 0 spiro atoms. The van der Waals surface area contributed by atoms with E-state index in [0.717, 1.165) is 5.69 Å². The molecule has 1 heterocycles. The Morgan fingerprint density at radius 2 is 2.27 bits per heavy atom. The molecule has 0 saturated heterocycles. The molecular weight excluding hydrogens is 285 g/mol. The molecule has 0 bridgehead atoms. The number of anilines is 2. The Morgan fingerprint density at radius 3 is 2.82 bits per heavy atom. The Hall–Kier alpha value is -2.08. The fraction of sp³-hybridized carbons (Fsp3) is 0.438. The van der Waals surface area contributed by atoms with Crippen molar-refractivity contribution in [2.24, 2.45) is 5.73 Å². The van der Waals surface area contributed by atoms with E-state index in [-0.39, 0.29) is 12.1 Å². The summed E-state index contributed by atoms with van der Waals surface area (Å²) in [6, 6.07) is 5.38. The number of benzene rings is 1. The summed E-state index contributed by atoms with van der Waals surface area (Å²) >= 11 is 0. The quantitative estimate of drug-likeness (QED) is 0.838. The molecule has 1 aromatic rings. The number of rotatable bonds is 4. The maximum absolute atomic E-state index is 13.0. The molecule has 0 aromatic heterocycles. The van der Waals surface area contributed by atoms with Crippen molar-refractivity contribution in [3.05, 3.63) is 30.1 Å². The molecule has 22 heavy (non-hydrogen) atoms. The van der Waals surface area contributed by atoms with Gasteiger partial charge in [0.05, 0.1) is 18.6 Å². The van der Waals surface area contributed by atoms with Crippen LogP contribution in [0.2, 0.25) is 0 Å². The summed E-state index contributed by atoms with van der Waals surface area (Å²) in [5.74, 6) is 0.649. The molecule has 0 radical (unpaired) electrons. The number of halogens is 1. The fourth-order valence-electron chi connectivity index (χ4n) is 2.51. The molecular formula is C16H22FN3O2. The topological polar surface area (TPSA) is 67.6 Å². The second-order valence-corrected chi connectivity index (χ2v) is 6.22. The molecule has 1 aliphatic heterocycles. The molecule has 1 aliphatic rings. The van der Waals surface area contributed by atoms with E-state index in [0.29, 0.717) is 36.3 Å². The van der Waals surface area contributed by atoms with Gasteiger partial charge in [-0.15, -0.1) is 0 Å². The number of nitrogens with zero attached hydrogens (tertiary/aromatic N) is 1. The zero-order chi connectivity index (χ0) is 16.3. The third-order valence-corrected chi connectivity index (χ3v) is 3.69. The van der Waals surface area contributed by atoms with Gasteiger partial charge in [-0.25, -0.2) is 4.39 Å².